The predicted molar refractivity (Wildman–Crippen MR) is 65.9 cm³/mol. The lowest BCUT2D eigenvalue weighted by Crippen LogP contribution is -2.49. The Labute approximate surface area is 108 Å². The second kappa shape index (κ2) is 4.27. The summed E-state index contributed by atoms with van der Waals surface area (Å²) in [6.45, 7) is 1.56. The molecule has 0 saturated carbocycles. The average Bonchev–Trinajstić information content (AvgIpc) is 2.26. The van der Waals surface area contributed by atoms with Gasteiger partial charge in [-0.15, -0.1) is 0 Å². The second-order valence-electron chi connectivity index (χ2n) is 4.37. The molecule has 1 aromatic rings. The molecule has 0 saturated heterocycles. The number of hydrogen-bond donors (Lipinski definition) is 3. The maximum Gasteiger partial charge on any atom is 0.416 e. The van der Waals surface area contributed by atoms with Gasteiger partial charge in [-0.3, -0.25) is 5.73 Å². The van der Waals surface area contributed by atoms with Gasteiger partial charge in [0.05, 0.1) is 5.56 Å². The lowest BCUT2D eigenvalue weighted by Gasteiger charge is -2.29. The minimum Gasteiger partial charge on any atom is -0.384 e. The molecular formula is C12H13F3N4. The lowest BCUT2D eigenvalue weighted by atomic mass is 10.0. The maximum atomic E-state index is 12.8. The molecule has 0 radical (unpaired) electrons. The molecule has 19 heavy (non-hydrogen) atoms. The molecule has 1 unspecified atom stereocenters. The summed E-state index contributed by atoms with van der Waals surface area (Å²) in [7, 11) is 0. The third-order valence-electron chi connectivity index (χ3n) is 2.71. The molecular weight excluding hydrogens is 257 g/mol. The van der Waals surface area contributed by atoms with Crippen LogP contribution >= 0.6 is 0 Å². The summed E-state index contributed by atoms with van der Waals surface area (Å²) in [5.74, 6) is -1.33. The van der Waals surface area contributed by atoms with Gasteiger partial charge in [-0.2, -0.15) is 13.2 Å². The summed E-state index contributed by atoms with van der Waals surface area (Å²) in [5.41, 5.74) is 11.4. The number of halogens is 3. The Balaban J connectivity index is 2.52. The number of nitrogens with two attached hydrogens (primary N) is 2. The Morgan fingerprint density at radius 2 is 1.95 bits per heavy atom. The molecule has 1 aliphatic heterocycles. The van der Waals surface area contributed by atoms with Crippen LogP contribution in [-0.2, 0) is 12.0 Å². The van der Waals surface area contributed by atoms with Crippen LogP contribution in [0.25, 0.3) is 0 Å². The zero-order chi connectivity index (χ0) is 14.3. The summed E-state index contributed by atoms with van der Waals surface area (Å²) in [6, 6.07) is 3.56. The smallest absolute Gasteiger partial charge is 0.384 e. The molecule has 1 heterocycles. The van der Waals surface area contributed by atoms with Crippen molar-refractivity contribution >= 4 is 5.84 Å². The van der Waals surface area contributed by atoms with Gasteiger partial charge in [-0.05, 0) is 25.1 Å². The molecule has 1 aliphatic rings. The van der Waals surface area contributed by atoms with Crippen LogP contribution in [0.5, 0.6) is 0 Å². The van der Waals surface area contributed by atoms with E-state index >= 15 is 0 Å². The van der Waals surface area contributed by atoms with Crippen LogP contribution in [0.15, 0.2) is 35.5 Å². The lowest BCUT2D eigenvalue weighted by molar-refractivity contribution is -0.137. The van der Waals surface area contributed by atoms with Crippen molar-refractivity contribution < 1.29 is 13.2 Å². The molecule has 0 spiro atoms. The standard InChI is InChI=1S/C12H13F3N4/c1-7-4-8(11(13,14)15)6-9(5-7)12(17)18-3-2-10(16)19-12/h2-6,18H,17H2,1H3,(H2,16,19). The molecule has 0 aliphatic carbocycles. The third-order valence-corrected chi connectivity index (χ3v) is 2.71. The number of nitrogens with zero attached hydrogens (tertiary/aromatic N) is 1. The van der Waals surface area contributed by atoms with Crippen LogP contribution in [0, 0.1) is 6.92 Å². The van der Waals surface area contributed by atoms with Crippen molar-refractivity contribution in [1.82, 2.24) is 5.32 Å². The van der Waals surface area contributed by atoms with Gasteiger partial charge in [0, 0.05) is 11.8 Å². The normalized spacial score (nSPS) is 22.9. The SMILES string of the molecule is Cc1cc(C(F)(F)F)cc(C2(N)N=C(N)C=CN2)c1. The van der Waals surface area contributed by atoms with Gasteiger partial charge in [0.15, 0.2) is 0 Å². The number of hydrogen-bond acceptors (Lipinski definition) is 4. The van der Waals surface area contributed by atoms with E-state index in [9.17, 15) is 13.2 Å². The van der Waals surface area contributed by atoms with Crippen molar-refractivity contribution in [3.8, 4) is 0 Å². The monoisotopic (exact) mass is 270 g/mol. The van der Waals surface area contributed by atoms with Crippen LogP contribution in [0.1, 0.15) is 16.7 Å². The fourth-order valence-corrected chi connectivity index (χ4v) is 1.84. The summed E-state index contributed by atoms with van der Waals surface area (Å²) >= 11 is 0. The predicted octanol–water partition coefficient (Wildman–Crippen LogP) is 1.56. The topological polar surface area (TPSA) is 76.4 Å². The Morgan fingerprint density at radius 3 is 2.53 bits per heavy atom. The van der Waals surface area contributed by atoms with Crippen molar-refractivity contribution in [2.24, 2.45) is 16.5 Å². The van der Waals surface area contributed by atoms with Gasteiger partial charge >= 0.3 is 6.18 Å². The summed E-state index contributed by atoms with van der Waals surface area (Å²) in [5, 5.41) is 2.71. The Kier molecular flexibility index (Phi) is 3.01. The van der Waals surface area contributed by atoms with Crippen LogP contribution in [0.2, 0.25) is 0 Å². The van der Waals surface area contributed by atoms with Crippen molar-refractivity contribution in [1.29, 1.82) is 0 Å². The van der Waals surface area contributed by atoms with Gasteiger partial charge in [0.2, 0.25) is 5.79 Å². The maximum absolute atomic E-state index is 12.8. The molecule has 5 N–H and O–H groups in total. The van der Waals surface area contributed by atoms with Gasteiger partial charge in [-0.25, -0.2) is 4.99 Å². The molecule has 102 valence electrons. The van der Waals surface area contributed by atoms with E-state index in [-0.39, 0.29) is 11.4 Å². The third kappa shape index (κ3) is 2.70. The first kappa shape index (κ1) is 13.4. The molecule has 1 aromatic carbocycles. The van der Waals surface area contributed by atoms with Crippen LogP contribution in [-0.4, -0.2) is 5.84 Å². The quantitative estimate of drug-likeness (QED) is 0.724. The van der Waals surface area contributed by atoms with E-state index in [1.165, 1.54) is 18.3 Å². The first-order valence-corrected chi connectivity index (χ1v) is 5.48. The molecule has 4 nitrogen and oxygen atoms in total. The highest BCUT2D eigenvalue weighted by Gasteiger charge is 2.34. The molecule has 0 amide bonds. The highest BCUT2D eigenvalue weighted by atomic mass is 19.4. The van der Waals surface area contributed by atoms with E-state index in [1.54, 1.807) is 6.92 Å². The van der Waals surface area contributed by atoms with E-state index in [1.807, 2.05) is 0 Å². The molecule has 2 rings (SSSR count). The Hall–Kier alpha value is -2.02. The minimum absolute atomic E-state index is 0.149. The molecule has 0 fully saturated rings. The second-order valence-corrected chi connectivity index (χ2v) is 4.37. The first-order valence-electron chi connectivity index (χ1n) is 5.48. The van der Waals surface area contributed by atoms with Crippen molar-refractivity contribution in [2.45, 2.75) is 18.9 Å². The first-order chi connectivity index (χ1) is 8.71. The molecule has 0 bridgehead atoms. The number of rotatable bonds is 1. The van der Waals surface area contributed by atoms with Gasteiger partial charge < -0.3 is 11.1 Å². The number of alkyl halides is 3. The van der Waals surface area contributed by atoms with Gasteiger partial charge in [0.1, 0.15) is 5.84 Å². The molecule has 0 aromatic heterocycles. The zero-order valence-electron chi connectivity index (χ0n) is 10.1. The summed E-state index contributed by atoms with van der Waals surface area (Å²) in [6.07, 6.45) is -1.50. The van der Waals surface area contributed by atoms with E-state index in [0.29, 0.717) is 5.56 Å². The van der Waals surface area contributed by atoms with E-state index < -0.39 is 17.5 Å². The van der Waals surface area contributed by atoms with Crippen LogP contribution in [0.4, 0.5) is 13.2 Å². The van der Waals surface area contributed by atoms with Crippen molar-refractivity contribution in [3.05, 3.63) is 47.2 Å². The average molecular weight is 270 g/mol. The highest BCUT2D eigenvalue weighted by Crippen LogP contribution is 2.32. The Bertz CT molecular complexity index is 563. The fraction of sp³-hybridized carbons (Fsp3) is 0.250. The summed E-state index contributed by atoms with van der Waals surface area (Å²) in [4.78, 5) is 3.96. The van der Waals surface area contributed by atoms with Crippen molar-refractivity contribution in [3.63, 3.8) is 0 Å². The number of benzene rings is 1. The number of aliphatic imine (C=N–C) groups is 1. The minimum atomic E-state index is -4.43. The fourth-order valence-electron chi connectivity index (χ4n) is 1.84. The van der Waals surface area contributed by atoms with Crippen molar-refractivity contribution in [2.75, 3.05) is 0 Å². The number of amidine groups is 1. The highest BCUT2D eigenvalue weighted by molar-refractivity contribution is 5.92. The number of aryl methyl sites for hydroxylation is 1. The molecule has 7 heteroatoms. The van der Waals surface area contributed by atoms with Crippen LogP contribution < -0.4 is 16.8 Å². The van der Waals surface area contributed by atoms with Crippen LogP contribution in [0.3, 0.4) is 0 Å². The van der Waals surface area contributed by atoms with E-state index in [0.717, 1.165) is 12.1 Å². The van der Waals surface area contributed by atoms with Gasteiger partial charge in [0.25, 0.3) is 0 Å². The number of nitrogens with one attached hydrogen (secondary N) is 1. The summed E-state index contributed by atoms with van der Waals surface area (Å²) < 4.78 is 38.3. The van der Waals surface area contributed by atoms with E-state index in [2.05, 4.69) is 10.3 Å². The molecule has 1 atom stereocenters. The zero-order valence-corrected chi connectivity index (χ0v) is 10.1. The van der Waals surface area contributed by atoms with E-state index in [4.69, 9.17) is 11.5 Å². The van der Waals surface area contributed by atoms with Gasteiger partial charge in [-0.1, -0.05) is 11.6 Å². The Morgan fingerprint density at radius 1 is 1.26 bits per heavy atom. The largest absolute Gasteiger partial charge is 0.416 e.